The Morgan fingerprint density at radius 3 is 2.85 bits per heavy atom. The molecule has 0 unspecified atom stereocenters. The van der Waals surface area contributed by atoms with Crippen molar-refractivity contribution in [2.24, 2.45) is 0 Å². The van der Waals surface area contributed by atoms with Crippen molar-refractivity contribution in [2.45, 2.75) is 12.8 Å². The highest BCUT2D eigenvalue weighted by Crippen LogP contribution is 2.33. The van der Waals surface area contributed by atoms with Gasteiger partial charge in [-0.15, -0.1) is 0 Å². The average Bonchev–Trinajstić information content (AvgIpc) is 2.57. The van der Waals surface area contributed by atoms with Gasteiger partial charge in [0.25, 0.3) is 0 Å². The van der Waals surface area contributed by atoms with E-state index < -0.39 is 0 Å². The van der Waals surface area contributed by atoms with Crippen molar-refractivity contribution in [1.82, 2.24) is 0 Å². The number of hydrogen-bond donors (Lipinski definition) is 0. The van der Waals surface area contributed by atoms with Gasteiger partial charge in [0.1, 0.15) is 0 Å². The van der Waals surface area contributed by atoms with Crippen LogP contribution < -0.4 is 0 Å². The van der Waals surface area contributed by atoms with Gasteiger partial charge in [-0.05, 0) is 63.4 Å². The van der Waals surface area contributed by atoms with Crippen molar-refractivity contribution >= 4 is 33.4 Å². The topological polar surface area (TPSA) is 0 Å². The molecule has 0 aliphatic heterocycles. The Hall–Kier alpha value is -0.570. The van der Waals surface area contributed by atoms with E-state index >= 15 is 0 Å². The third kappa shape index (κ3) is 1.03. The molecule has 0 saturated carbocycles. The number of rotatable bonds is 0. The molecule has 1 aliphatic rings. The molecular formula is C12H9I. The third-order valence-corrected chi connectivity index (χ3v) is 3.84. The van der Waals surface area contributed by atoms with Crippen LogP contribution in [0, 0.1) is 3.57 Å². The maximum absolute atomic E-state index is 2.44. The Labute approximate surface area is 91.1 Å². The predicted molar refractivity (Wildman–Crippen MR) is 64.1 cm³/mol. The van der Waals surface area contributed by atoms with Gasteiger partial charge in [-0.25, -0.2) is 0 Å². The first kappa shape index (κ1) is 7.80. The molecule has 0 radical (unpaired) electrons. The van der Waals surface area contributed by atoms with E-state index in [0.717, 1.165) is 0 Å². The van der Waals surface area contributed by atoms with Crippen molar-refractivity contribution in [3.05, 3.63) is 45.0 Å². The van der Waals surface area contributed by atoms with Gasteiger partial charge in [0.15, 0.2) is 0 Å². The Balaban J connectivity index is 2.56. The molecule has 0 saturated heterocycles. The first-order valence-corrected chi connectivity index (χ1v) is 5.63. The molecule has 0 bridgehead atoms. The van der Waals surface area contributed by atoms with Crippen LogP contribution in [0.4, 0.5) is 0 Å². The van der Waals surface area contributed by atoms with Crippen molar-refractivity contribution in [1.29, 1.82) is 0 Å². The second kappa shape index (κ2) is 2.71. The monoisotopic (exact) mass is 280 g/mol. The average molecular weight is 280 g/mol. The summed E-state index contributed by atoms with van der Waals surface area (Å²) in [6.07, 6.45) is 2.46. The lowest BCUT2D eigenvalue weighted by Gasteiger charge is -2.02. The van der Waals surface area contributed by atoms with Gasteiger partial charge < -0.3 is 0 Å². The first-order chi connectivity index (χ1) is 6.36. The molecule has 0 N–H and O–H groups in total. The molecule has 2 aromatic rings. The maximum atomic E-state index is 2.44. The second-order valence-electron chi connectivity index (χ2n) is 3.54. The molecule has 1 aliphatic carbocycles. The fourth-order valence-corrected chi connectivity index (χ4v) is 2.94. The number of halogens is 1. The number of aryl methyl sites for hydroxylation is 2. The molecule has 3 rings (SSSR count). The van der Waals surface area contributed by atoms with Gasteiger partial charge >= 0.3 is 0 Å². The maximum Gasteiger partial charge on any atom is 0.0168 e. The summed E-state index contributed by atoms with van der Waals surface area (Å²) in [7, 11) is 0. The minimum Gasteiger partial charge on any atom is -0.0614 e. The minimum atomic E-state index is 1.23. The third-order valence-electron chi connectivity index (χ3n) is 2.83. The highest BCUT2D eigenvalue weighted by atomic mass is 127. The summed E-state index contributed by atoms with van der Waals surface area (Å²) in [4.78, 5) is 0. The van der Waals surface area contributed by atoms with Gasteiger partial charge in [-0.1, -0.05) is 24.3 Å². The summed E-state index contributed by atoms with van der Waals surface area (Å²) >= 11 is 2.44. The van der Waals surface area contributed by atoms with E-state index in [1.165, 1.54) is 32.7 Å². The van der Waals surface area contributed by atoms with E-state index in [2.05, 4.69) is 52.9 Å². The van der Waals surface area contributed by atoms with Gasteiger partial charge in [0.05, 0.1) is 0 Å². The summed E-state index contributed by atoms with van der Waals surface area (Å²) in [5, 5.41) is 2.93. The number of benzene rings is 2. The smallest absolute Gasteiger partial charge is 0.0168 e. The van der Waals surface area contributed by atoms with Gasteiger partial charge in [0, 0.05) is 3.57 Å². The summed E-state index contributed by atoms with van der Waals surface area (Å²) in [5.74, 6) is 0. The molecule has 0 atom stereocenters. The Morgan fingerprint density at radius 1 is 1.00 bits per heavy atom. The lowest BCUT2D eigenvalue weighted by molar-refractivity contribution is 1.02. The van der Waals surface area contributed by atoms with E-state index in [4.69, 9.17) is 0 Å². The molecule has 0 nitrogen and oxygen atoms in total. The van der Waals surface area contributed by atoms with Crippen LogP contribution in [0.25, 0.3) is 10.8 Å². The zero-order valence-electron chi connectivity index (χ0n) is 7.18. The predicted octanol–water partition coefficient (Wildman–Crippen LogP) is 3.54. The second-order valence-corrected chi connectivity index (χ2v) is 4.70. The number of hydrogen-bond acceptors (Lipinski definition) is 0. The molecule has 64 valence electrons. The first-order valence-electron chi connectivity index (χ1n) is 4.55. The van der Waals surface area contributed by atoms with Crippen molar-refractivity contribution in [2.75, 3.05) is 0 Å². The molecule has 13 heavy (non-hydrogen) atoms. The van der Waals surface area contributed by atoms with E-state index in [0.29, 0.717) is 0 Å². The van der Waals surface area contributed by atoms with Crippen LogP contribution in [0.5, 0.6) is 0 Å². The SMILES string of the molecule is Ic1ccc2cccc3c2c1CC3. The highest BCUT2D eigenvalue weighted by Gasteiger charge is 2.15. The van der Waals surface area contributed by atoms with E-state index in [1.54, 1.807) is 5.56 Å². The van der Waals surface area contributed by atoms with E-state index in [1.807, 2.05) is 0 Å². The van der Waals surface area contributed by atoms with Gasteiger partial charge in [-0.2, -0.15) is 0 Å². The normalized spacial score (nSPS) is 13.9. The van der Waals surface area contributed by atoms with Crippen LogP contribution in [0.2, 0.25) is 0 Å². The van der Waals surface area contributed by atoms with Gasteiger partial charge in [-0.3, -0.25) is 0 Å². The zero-order valence-corrected chi connectivity index (χ0v) is 9.34. The van der Waals surface area contributed by atoms with Crippen molar-refractivity contribution in [3.63, 3.8) is 0 Å². The van der Waals surface area contributed by atoms with E-state index in [-0.39, 0.29) is 0 Å². The molecule has 1 heteroatoms. The summed E-state index contributed by atoms with van der Waals surface area (Å²) in [6.45, 7) is 0. The fraction of sp³-hybridized carbons (Fsp3) is 0.167. The van der Waals surface area contributed by atoms with Crippen molar-refractivity contribution in [3.8, 4) is 0 Å². The molecule has 0 spiro atoms. The van der Waals surface area contributed by atoms with Crippen LogP contribution >= 0.6 is 22.6 Å². The van der Waals surface area contributed by atoms with Crippen LogP contribution in [0.3, 0.4) is 0 Å². The lowest BCUT2D eigenvalue weighted by Crippen LogP contribution is -1.83. The Bertz CT molecular complexity index is 486. The molecule has 0 aromatic heterocycles. The highest BCUT2D eigenvalue weighted by molar-refractivity contribution is 14.1. The van der Waals surface area contributed by atoms with Gasteiger partial charge in [0.2, 0.25) is 0 Å². The minimum absolute atomic E-state index is 1.23. The van der Waals surface area contributed by atoms with Crippen LogP contribution in [-0.4, -0.2) is 0 Å². The summed E-state index contributed by atoms with van der Waals surface area (Å²) in [5.41, 5.74) is 3.10. The molecule has 0 heterocycles. The zero-order chi connectivity index (χ0) is 8.84. The quantitative estimate of drug-likeness (QED) is 0.647. The van der Waals surface area contributed by atoms with E-state index in [9.17, 15) is 0 Å². The Morgan fingerprint density at radius 2 is 1.92 bits per heavy atom. The Kier molecular flexibility index (Phi) is 1.62. The van der Waals surface area contributed by atoms with Crippen LogP contribution in [0.15, 0.2) is 30.3 Å². The van der Waals surface area contributed by atoms with Crippen molar-refractivity contribution < 1.29 is 0 Å². The molecule has 0 fully saturated rings. The van der Waals surface area contributed by atoms with Crippen LogP contribution in [0.1, 0.15) is 11.1 Å². The molecule has 2 aromatic carbocycles. The standard InChI is InChI=1S/C12H9I/c13-11-7-5-9-3-1-2-8-4-6-10(11)12(8)9/h1-3,5,7H,4,6H2. The lowest BCUT2D eigenvalue weighted by atomic mass is 10.1. The largest absolute Gasteiger partial charge is 0.0614 e. The summed E-state index contributed by atoms with van der Waals surface area (Å²) in [6, 6.07) is 11.1. The molecule has 0 amide bonds. The molecular weight excluding hydrogens is 271 g/mol. The van der Waals surface area contributed by atoms with Crippen LogP contribution in [-0.2, 0) is 12.8 Å². The fourth-order valence-electron chi connectivity index (χ4n) is 2.22. The summed E-state index contributed by atoms with van der Waals surface area (Å²) < 4.78 is 1.43.